The summed E-state index contributed by atoms with van der Waals surface area (Å²) in [5.41, 5.74) is 1.81. The van der Waals surface area contributed by atoms with Crippen LogP contribution in [-0.2, 0) is 19.1 Å². The number of benzene rings is 2. The van der Waals surface area contributed by atoms with Crippen LogP contribution in [-0.4, -0.2) is 30.3 Å². The van der Waals surface area contributed by atoms with Gasteiger partial charge in [0, 0.05) is 10.2 Å². The van der Waals surface area contributed by atoms with Crippen molar-refractivity contribution in [3.8, 4) is 0 Å². The van der Waals surface area contributed by atoms with Gasteiger partial charge in [-0.3, -0.25) is 19.3 Å². The molecule has 1 saturated heterocycles. The summed E-state index contributed by atoms with van der Waals surface area (Å²) in [5.74, 6) is -2.35. The maximum Gasteiger partial charge on any atom is 0.338 e. The van der Waals surface area contributed by atoms with E-state index >= 15 is 0 Å². The van der Waals surface area contributed by atoms with Crippen molar-refractivity contribution >= 4 is 62.6 Å². The molecule has 7 nitrogen and oxygen atoms in total. The van der Waals surface area contributed by atoms with E-state index < -0.39 is 18.5 Å². The fourth-order valence-electron chi connectivity index (χ4n) is 4.34. The Morgan fingerprint density at radius 1 is 1.15 bits per heavy atom. The molecular weight excluding hydrogens is 524 g/mol. The number of fused-ring (bicyclic) bond motifs is 1. The van der Waals surface area contributed by atoms with Gasteiger partial charge in [-0.25, -0.2) is 4.79 Å². The second-order valence-corrected chi connectivity index (χ2v) is 9.60. The molecule has 2 aromatic carbocycles. The first-order chi connectivity index (χ1) is 16.2. The summed E-state index contributed by atoms with van der Waals surface area (Å²) >= 11 is 9.48. The molecule has 34 heavy (non-hydrogen) atoms. The molecule has 3 atom stereocenters. The zero-order valence-corrected chi connectivity index (χ0v) is 20.9. The van der Waals surface area contributed by atoms with Crippen molar-refractivity contribution < 1.29 is 23.9 Å². The summed E-state index contributed by atoms with van der Waals surface area (Å²) in [7, 11) is 0. The van der Waals surface area contributed by atoms with Gasteiger partial charge in [0.15, 0.2) is 6.61 Å². The van der Waals surface area contributed by atoms with Crippen molar-refractivity contribution in [1.82, 2.24) is 0 Å². The number of esters is 1. The third-order valence-electron chi connectivity index (χ3n) is 6.18. The van der Waals surface area contributed by atoms with Crippen molar-refractivity contribution in [1.29, 1.82) is 0 Å². The first-order valence-corrected chi connectivity index (χ1v) is 11.9. The molecular formula is C25H22BrClN2O5. The molecule has 0 radical (unpaired) electrons. The van der Waals surface area contributed by atoms with Gasteiger partial charge in [-0.1, -0.05) is 30.7 Å². The Labute approximate surface area is 210 Å². The minimum absolute atomic E-state index is 0.00202. The Bertz CT molecular complexity index is 1210. The fourth-order valence-corrected chi connectivity index (χ4v) is 4.93. The van der Waals surface area contributed by atoms with E-state index in [1.54, 1.807) is 19.1 Å². The number of nitrogens with zero attached hydrogens (tertiary/aromatic N) is 1. The molecule has 1 aliphatic carbocycles. The molecule has 1 fully saturated rings. The smallest absolute Gasteiger partial charge is 0.338 e. The number of carbonyl (C=O) groups excluding carboxylic acids is 4. The van der Waals surface area contributed by atoms with E-state index in [0.717, 1.165) is 0 Å². The highest BCUT2D eigenvalue weighted by Crippen LogP contribution is 2.40. The summed E-state index contributed by atoms with van der Waals surface area (Å²) in [6.45, 7) is 3.22. The lowest BCUT2D eigenvalue weighted by atomic mass is 9.78. The highest BCUT2D eigenvalue weighted by Gasteiger charge is 2.50. The van der Waals surface area contributed by atoms with Crippen LogP contribution in [0.5, 0.6) is 0 Å². The molecule has 9 heteroatoms. The van der Waals surface area contributed by atoms with Crippen LogP contribution in [0.4, 0.5) is 11.4 Å². The summed E-state index contributed by atoms with van der Waals surface area (Å²) in [6, 6.07) is 9.42. The number of nitrogens with one attached hydrogen (secondary N) is 1. The Hall–Kier alpha value is -2.97. The van der Waals surface area contributed by atoms with Crippen LogP contribution >= 0.6 is 27.5 Å². The first kappa shape index (κ1) is 24.2. The quantitative estimate of drug-likeness (QED) is 0.327. The predicted octanol–water partition coefficient (Wildman–Crippen LogP) is 4.91. The molecule has 3 amide bonds. The lowest BCUT2D eigenvalue weighted by Crippen LogP contribution is -2.31. The van der Waals surface area contributed by atoms with Crippen molar-refractivity contribution in [2.45, 2.75) is 20.3 Å². The molecule has 0 saturated carbocycles. The van der Waals surface area contributed by atoms with Crippen molar-refractivity contribution in [3.63, 3.8) is 0 Å². The molecule has 2 aromatic rings. The fraction of sp³-hybridized carbons (Fsp3) is 0.280. The van der Waals surface area contributed by atoms with E-state index in [1.165, 1.54) is 29.2 Å². The van der Waals surface area contributed by atoms with Crippen LogP contribution in [0.2, 0.25) is 5.02 Å². The van der Waals surface area contributed by atoms with Crippen LogP contribution in [0.15, 0.2) is 53.0 Å². The average Bonchev–Trinajstić information content (AvgIpc) is 3.09. The zero-order valence-electron chi connectivity index (χ0n) is 18.5. The Kier molecular flexibility index (Phi) is 6.91. The van der Waals surface area contributed by atoms with Crippen molar-refractivity contribution in [2.24, 2.45) is 17.8 Å². The minimum Gasteiger partial charge on any atom is -0.452 e. The molecule has 1 heterocycles. The lowest BCUT2D eigenvalue weighted by Gasteiger charge is -2.22. The minimum atomic E-state index is -0.696. The van der Waals surface area contributed by atoms with E-state index in [9.17, 15) is 19.2 Å². The molecule has 176 valence electrons. The topological polar surface area (TPSA) is 92.8 Å². The number of hydrogen-bond acceptors (Lipinski definition) is 5. The SMILES string of the molecule is Cc1c(NC(=O)COC(=O)c2ccc(N3C(=O)[C@H]4[C@@H](C)C=CC[C@H]4C3=O)cc2)ccc(Br)c1Cl. The van der Waals surface area contributed by atoms with E-state index in [-0.39, 0.29) is 35.1 Å². The second-order valence-electron chi connectivity index (χ2n) is 8.37. The van der Waals surface area contributed by atoms with E-state index in [0.29, 0.717) is 32.9 Å². The summed E-state index contributed by atoms with van der Waals surface area (Å²) < 4.78 is 5.82. The van der Waals surface area contributed by atoms with Gasteiger partial charge in [0.05, 0.1) is 28.1 Å². The van der Waals surface area contributed by atoms with Crippen LogP contribution in [0.3, 0.4) is 0 Å². The van der Waals surface area contributed by atoms with Crippen molar-refractivity contribution in [2.75, 3.05) is 16.8 Å². The van der Waals surface area contributed by atoms with Gasteiger partial charge in [-0.2, -0.15) is 0 Å². The monoisotopic (exact) mass is 544 g/mol. The molecule has 0 unspecified atom stereocenters. The number of carbonyl (C=O) groups is 4. The number of rotatable bonds is 5. The number of amides is 3. The molecule has 0 spiro atoms. The van der Waals surface area contributed by atoms with E-state index in [4.69, 9.17) is 16.3 Å². The van der Waals surface area contributed by atoms with Gasteiger partial charge < -0.3 is 10.1 Å². The predicted molar refractivity (Wildman–Crippen MR) is 132 cm³/mol. The number of hydrogen-bond donors (Lipinski definition) is 1. The lowest BCUT2D eigenvalue weighted by molar-refractivity contribution is -0.123. The number of imide groups is 1. The van der Waals surface area contributed by atoms with Crippen LogP contribution in [0.25, 0.3) is 0 Å². The highest BCUT2D eigenvalue weighted by atomic mass is 79.9. The molecule has 0 bridgehead atoms. The van der Waals surface area contributed by atoms with Gasteiger partial charge in [0.1, 0.15) is 0 Å². The summed E-state index contributed by atoms with van der Waals surface area (Å²) in [6.07, 6.45) is 4.47. The number of ether oxygens (including phenoxy) is 1. The Morgan fingerprint density at radius 3 is 2.53 bits per heavy atom. The second kappa shape index (κ2) is 9.72. The molecule has 1 aliphatic heterocycles. The van der Waals surface area contributed by atoms with Crippen LogP contribution in [0.1, 0.15) is 29.3 Å². The largest absolute Gasteiger partial charge is 0.452 e. The van der Waals surface area contributed by atoms with Crippen LogP contribution < -0.4 is 10.2 Å². The van der Waals surface area contributed by atoms with Gasteiger partial charge in [0.2, 0.25) is 11.8 Å². The van der Waals surface area contributed by atoms with E-state index in [2.05, 4.69) is 21.2 Å². The van der Waals surface area contributed by atoms with Gasteiger partial charge in [0.25, 0.3) is 5.91 Å². The maximum atomic E-state index is 12.9. The summed E-state index contributed by atoms with van der Waals surface area (Å²) in [5, 5.41) is 3.14. The number of halogens is 2. The maximum absolute atomic E-state index is 12.9. The summed E-state index contributed by atoms with van der Waals surface area (Å²) in [4.78, 5) is 51.5. The Morgan fingerprint density at radius 2 is 1.85 bits per heavy atom. The molecule has 0 aromatic heterocycles. The number of allylic oxidation sites excluding steroid dienone is 2. The number of anilines is 2. The molecule has 2 aliphatic rings. The normalized spacial score (nSPS) is 21.4. The van der Waals surface area contributed by atoms with Gasteiger partial charge in [-0.05, 0) is 77.2 Å². The highest BCUT2D eigenvalue weighted by molar-refractivity contribution is 9.10. The molecule has 4 rings (SSSR count). The standard InChI is InChI=1S/C25H22BrClN2O5/c1-13-4-3-5-17-21(13)24(32)29(23(17)31)16-8-6-15(7-9-16)25(33)34-12-20(30)28-19-11-10-18(26)22(27)14(19)2/h3-4,6-11,13,17,21H,5,12H2,1-2H3,(H,28,30)/t13-,17+,21-/m0/s1. The van der Waals surface area contributed by atoms with Gasteiger partial charge >= 0.3 is 5.97 Å². The van der Waals surface area contributed by atoms with E-state index in [1.807, 2.05) is 19.1 Å². The molecule has 1 N–H and O–H groups in total. The Balaban J connectivity index is 1.37. The first-order valence-electron chi connectivity index (χ1n) is 10.7. The zero-order chi connectivity index (χ0) is 24.6. The van der Waals surface area contributed by atoms with Gasteiger partial charge in [-0.15, -0.1) is 0 Å². The van der Waals surface area contributed by atoms with Crippen molar-refractivity contribution in [3.05, 3.63) is 69.2 Å². The van der Waals surface area contributed by atoms with Crippen LogP contribution in [0, 0.1) is 24.7 Å². The third-order valence-corrected chi connectivity index (χ3v) is 7.56. The average molecular weight is 546 g/mol. The third kappa shape index (κ3) is 4.52.